The Kier molecular flexibility index (Phi) is 2.72. The lowest BCUT2D eigenvalue weighted by molar-refractivity contribution is 0.185. The van der Waals surface area contributed by atoms with Gasteiger partial charge in [-0.25, -0.2) is 0 Å². The second kappa shape index (κ2) is 4.21. The van der Waals surface area contributed by atoms with E-state index in [0.717, 1.165) is 6.54 Å². The van der Waals surface area contributed by atoms with E-state index >= 15 is 0 Å². The highest BCUT2D eigenvalue weighted by atomic mass is 14.9. The lowest BCUT2D eigenvalue weighted by Crippen LogP contribution is -2.35. The topological polar surface area (TPSA) is 12.0 Å². The van der Waals surface area contributed by atoms with Gasteiger partial charge in [-0.05, 0) is 35.8 Å². The molecule has 0 bridgehead atoms. The van der Waals surface area contributed by atoms with Gasteiger partial charge in [0.1, 0.15) is 0 Å². The van der Waals surface area contributed by atoms with Gasteiger partial charge in [-0.2, -0.15) is 0 Å². The summed E-state index contributed by atoms with van der Waals surface area (Å²) in [5.74, 6) is 0. The van der Waals surface area contributed by atoms with Crippen molar-refractivity contribution in [3.63, 3.8) is 0 Å². The third kappa shape index (κ3) is 1.89. The average molecular weight is 215 g/mol. The molecule has 3 rings (SSSR count). The average Bonchev–Trinajstić information content (AvgIpc) is 2.49. The third-order valence-corrected chi connectivity index (χ3v) is 4.41. The van der Waals surface area contributed by atoms with Crippen LogP contribution in [-0.4, -0.2) is 6.54 Å². The molecule has 0 aromatic heterocycles. The van der Waals surface area contributed by atoms with Gasteiger partial charge >= 0.3 is 0 Å². The van der Waals surface area contributed by atoms with Crippen molar-refractivity contribution in [2.45, 2.75) is 45.1 Å². The molecule has 1 aliphatic heterocycles. The molecule has 86 valence electrons. The van der Waals surface area contributed by atoms with Crippen LogP contribution in [0.2, 0.25) is 0 Å². The third-order valence-electron chi connectivity index (χ3n) is 4.41. The first-order valence-electron chi connectivity index (χ1n) is 6.66. The molecule has 1 aliphatic carbocycles. The van der Waals surface area contributed by atoms with E-state index in [2.05, 4.69) is 29.6 Å². The van der Waals surface area contributed by atoms with Gasteiger partial charge < -0.3 is 5.32 Å². The molecule has 1 aromatic rings. The molecule has 0 amide bonds. The van der Waals surface area contributed by atoms with E-state index in [0.29, 0.717) is 5.41 Å². The molecule has 2 aliphatic rings. The van der Waals surface area contributed by atoms with E-state index in [4.69, 9.17) is 0 Å². The smallest absolute Gasteiger partial charge is 0.0208 e. The molecular weight excluding hydrogens is 194 g/mol. The van der Waals surface area contributed by atoms with Crippen molar-refractivity contribution < 1.29 is 0 Å². The Morgan fingerprint density at radius 1 is 0.938 bits per heavy atom. The molecule has 1 heterocycles. The maximum absolute atomic E-state index is 3.66. The highest BCUT2D eigenvalue weighted by Crippen LogP contribution is 2.40. The van der Waals surface area contributed by atoms with Crippen molar-refractivity contribution in [2.75, 3.05) is 6.54 Å². The van der Waals surface area contributed by atoms with Crippen LogP contribution in [0.15, 0.2) is 24.3 Å². The van der Waals surface area contributed by atoms with Gasteiger partial charge in [0.2, 0.25) is 0 Å². The van der Waals surface area contributed by atoms with Crippen molar-refractivity contribution >= 4 is 0 Å². The van der Waals surface area contributed by atoms with E-state index in [-0.39, 0.29) is 0 Å². The van der Waals surface area contributed by atoms with Crippen molar-refractivity contribution in [3.05, 3.63) is 35.4 Å². The number of hydrogen-bond acceptors (Lipinski definition) is 1. The first-order chi connectivity index (χ1) is 7.88. The molecule has 1 spiro atoms. The van der Waals surface area contributed by atoms with Gasteiger partial charge in [0, 0.05) is 13.1 Å². The molecule has 1 saturated carbocycles. The maximum Gasteiger partial charge on any atom is 0.0208 e. The van der Waals surface area contributed by atoms with Crippen LogP contribution in [0, 0.1) is 5.41 Å². The molecule has 1 N–H and O–H groups in total. The second-order valence-electron chi connectivity index (χ2n) is 5.61. The molecule has 1 heteroatoms. The van der Waals surface area contributed by atoms with Crippen molar-refractivity contribution in [1.82, 2.24) is 5.32 Å². The predicted octanol–water partition coefficient (Wildman–Crippen LogP) is 3.28. The highest BCUT2D eigenvalue weighted by molar-refractivity contribution is 5.29. The summed E-state index contributed by atoms with van der Waals surface area (Å²) in [7, 11) is 0. The lowest BCUT2D eigenvalue weighted by Gasteiger charge is -2.36. The number of rotatable bonds is 0. The minimum Gasteiger partial charge on any atom is -0.312 e. The Balaban J connectivity index is 1.89. The van der Waals surface area contributed by atoms with Crippen LogP contribution in [0.5, 0.6) is 0 Å². The van der Waals surface area contributed by atoms with E-state index in [1.54, 1.807) is 5.56 Å². The maximum atomic E-state index is 3.66. The van der Waals surface area contributed by atoms with Crippen LogP contribution in [0.25, 0.3) is 0 Å². The van der Waals surface area contributed by atoms with Gasteiger partial charge in [0.05, 0.1) is 0 Å². The van der Waals surface area contributed by atoms with Gasteiger partial charge in [0.25, 0.3) is 0 Å². The van der Waals surface area contributed by atoms with Gasteiger partial charge in [0.15, 0.2) is 0 Å². The summed E-state index contributed by atoms with van der Waals surface area (Å²) in [6.07, 6.45) is 8.47. The summed E-state index contributed by atoms with van der Waals surface area (Å²) >= 11 is 0. The quantitative estimate of drug-likeness (QED) is 0.700. The predicted molar refractivity (Wildman–Crippen MR) is 67.4 cm³/mol. The first kappa shape index (κ1) is 10.3. The molecule has 0 atom stereocenters. The Morgan fingerprint density at radius 3 is 2.50 bits per heavy atom. The number of benzene rings is 1. The van der Waals surface area contributed by atoms with Crippen molar-refractivity contribution in [2.24, 2.45) is 5.41 Å². The normalized spacial score (nSPS) is 23.8. The van der Waals surface area contributed by atoms with Crippen LogP contribution in [-0.2, 0) is 13.0 Å². The van der Waals surface area contributed by atoms with Gasteiger partial charge in [-0.1, -0.05) is 43.5 Å². The van der Waals surface area contributed by atoms with Crippen molar-refractivity contribution in [1.29, 1.82) is 0 Å². The molecule has 1 nitrogen and oxygen atoms in total. The fraction of sp³-hybridized carbons (Fsp3) is 0.600. The first-order valence-corrected chi connectivity index (χ1v) is 6.66. The molecule has 16 heavy (non-hydrogen) atoms. The standard InChI is InChI=1S/C15H21N/c1-4-8-15(9-5-1)10-13-6-2-3-7-14(13)11-16-12-15/h2-3,6-7,16H,1,4-5,8-12H2. The second-order valence-corrected chi connectivity index (χ2v) is 5.61. The lowest BCUT2D eigenvalue weighted by atomic mass is 9.70. The van der Waals surface area contributed by atoms with Crippen LogP contribution < -0.4 is 5.32 Å². The number of fused-ring (bicyclic) bond motifs is 1. The van der Waals surface area contributed by atoms with Crippen LogP contribution in [0.3, 0.4) is 0 Å². The van der Waals surface area contributed by atoms with E-state index in [1.165, 1.54) is 50.6 Å². The van der Waals surface area contributed by atoms with Crippen LogP contribution in [0.1, 0.15) is 43.2 Å². The molecule has 1 aromatic carbocycles. The summed E-state index contributed by atoms with van der Waals surface area (Å²) in [5, 5.41) is 3.66. The Labute approximate surface area is 98.3 Å². The SMILES string of the molecule is c1ccc2c(c1)CNCC1(CCCCC1)C2. The minimum absolute atomic E-state index is 0.574. The van der Waals surface area contributed by atoms with Gasteiger partial charge in [-0.3, -0.25) is 0 Å². The van der Waals surface area contributed by atoms with Gasteiger partial charge in [-0.15, -0.1) is 0 Å². The fourth-order valence-electron chi connectivity index (χ4n) is 3.49. The number of hydrogen-bond donors (Lipinski definition) is 1. The minimum atomic E-state index is 0.574. The molecule has 0 unspecified atom stereocenters. The summed E-state index contributed by atoms with van der Waals surface area (Å²) in [6, 6.07) is 8.98. The van der Waals surface area contributed by atoms with Crippen molar-refractivity contribution in [3.8, 4) is 0 Å². The summed E-state index contributed by atoms with van der Waals surface area (Å²) in [6.45, 7) is 2.29. The molecular formula is C15H21N. The van der Waals surface area contributed by atoms with Crippen LogP contribution >= 0.6 is 0 Å². The Hall–Kier alpha value is -0.820. The highest BCUT2D eigenvalue weighted by Gasteiger charge is 2.33. The molecule has 0 saturated heterocycles. The van der Waals surface area contributed by atoms with Crippen LogP contribution in [0.4, 0.5) is 0 Å². The van der Waals surface area contributed by atoms with E-state index in [9.17, 15) is 0 Å². The van der Waals surface area contributed by atoms with E-state index in [1.807, 2.05) is 0 Å². The zero-order valence-corrected chi connectivity index (χ0v) is 9.97. The zero-order valence-electron chi connectivity index (χ0n) is 9.97. The molecule has 1 fully saturated rings. The summed E-state index contributed by atoms with van der Waals surface area (Å²) in [5.41, 5.74) is 3.68. The molecule has 0 radical (unpaired) electrons. The number of nitrogens with one attached hydrogen (secondary N) is 1. The summed E-state index contributed by atoms with van der Waals surface area (Å²) < 4.78 is 0. The Morgan fingerprint density at radius 2 is 1.69 bits per heavy atom. The monoisotopic (exact) mass is 215 g/mol. The summed E-state index contributed by atoms with van der Waals surface area (Å²) in [4.78, 5) is 0. The Bertz CT molecular complexity index is 363. The zero-order chi connectivity index (χ0) is 10.8. The fourth-order valence-corrected chi connectivity index (χ4v) is 3.49. The van der Waals surface area contributed by atoms with E-state index < -0.39 is 0 Å². The largest absolute Gasteiger partial charge is 0.312 e.